The van der Waals surface area contributed by atoms with Gasteiger partial charge in [0.15, 0.2) is 0 Å². The van der Waals surface area contributed by atoms with Crippen LogP contribution < -0.4 is 5.32 Å². The maximum Gasteiger partial charge on any atom is 0.410 e. The summed E-state index contributed by atoms with van der Waals surface area (Å²) in [7, 11) is 0. The third-order valence-electron chi connectivity index (χ3n) is 6.13. The second-order valence-corrected chi connectivity index (χ2v) is 8.80. The second-order valence-electron chi connectivity index (χ2n) is 8.36. The van der Waals surface area contributed by atoms with E-state index in [0.717, 1.165) is 41.8 Å². The number of ether oxygens (including phenoxy) is 1. The number of nitrogens with zero attached hydrogens (tertiary/aromatic N) is 2. The number of likely N-dealkylation sites (tertiary alicyclic amines) is 1. The number of rotatable bonds is 5. The molecule has 1 N–H and O–H groups in total. The van der Waals surface area contributed by atoms with Gasteiger partial charge in [-0.15, -0.1) is 0 Å². The lowest BCUT2D eigenvalue weighted by Crippen LogP contribution is -2.51. The Morgan fingerprint density at radius 3 is 2.66 bits per heavy atom. The minimum Gasteiger partial charge on any atom is -0.445 e. The van der Waals surface area contributed by atoms with E-state index in [9.17, 15) is 9.59 Å². The van der Waals surface area contributed by atoms with Crippen LogP contribution in [0, 0.1) is 0 Å². The third kappa shape index (κ3) is 4.80. The highest BCUT2D eigenvalue weighted by Gasteiger charge is 2.44. The van der Waals surface area contributed by atoms with E-state index < -0.39 is 5.54 Å². The number of piperidine rings is 1. The number of unbranched alkanes of at least 4 members (excludes halogenated alkanes) is 1. The van der Waals surface area contributed by atoms with Crippen molar-refractivity contribution in [3.8, 4) is 0 Å². The lowest BCUT2D eigenvalue weighted by molar-refractivity contribution is -0.122. The molecule has 32 heavy (non-hydrogen) atoms. The average molecular weight is 454 g/mol. The summed E-state index contributed by atoms with van der Waals surface area (Å²) in [6.07, 6.45) is 3.34. The van der Waals surface area contributed by atoms with Crippen molar-refractivity contribution in [2.24, 2.45) is 4.99 Å². The van der Waals surface area contributed by atoms with E-state index in [1.54, 1.807) is 11.0 Å². The SMILES string of the molecule is CCCCC1=NC2(CCN(C(=O)OCc3ccccc3)CC2)C(=O)Nc2ccc(Cl)cc21. The zero-order valence-electron chi connectivity index (χ0n) is 18.3. The summed E-state index contributed by atoms with van der Waals surface area (Å²) in [6, 6.07) is 15.1. The van der Waals surface area contributed by atoms with Crippen molar-refractivity contribution < 1.29 is 14.3 Å². The zero-order chi connectivity index (χ0) is 22.6. The van der Waals surface area contributed by atoms with E-state index in [1.165, 1.54) is 0 Å². The van der Waals surface area contributed by atoms with Crippen LogP contribution in [0.1, 0.15) is 50.2 Å². The molecule has 168 valence electrons. The third-order valence-corrected chi connectivity index (χ3v) is 6.37. The minimum absolute atomic E-state index is 0.120. The van der Waals surface area contributed by atoms with Crippen LogP contribution in [0.25, 0.3) is 0 Å². The normalized spacial score (nSPS) is 17.2. The molecule has 4 rings (SSSR count). The number of halogens is 1. The molecule has 1 saturated heterocycles. The molecule has 2 aliphatic heterocycles. The molecular formula is C25H28ClN3O3. The van der Waals surface area contributed by atoms with E-state index in [2.05, 4.69) is 12.2 Å². The Balaban J connectivity index is 1.49. The molecular weight excluding hydrogens is 426 g/mol. The summed E-state index contributed by atoms with van der Waals surface area (Å²) in [5, 5.41) is 3.68. The predicted molar refractivity (Wildman–Crippen MR) is 126 cm³/mol. The quantitative estimate of drug-likeness (QED) is 0.654. The van der Waals surface area contributed by atoms with E-state index in [4.69, 9.17) is 21.3 Å². The largest absolute Gasteiger partial charge is 0.445 e. The van der Waals surface area contributed by atoms with Crippen molar-refractivity contribution in [3.05, 3.63) is 64.7 Å². The molecule has 2 aromatic carbocycles. The van der Waals surface area contributed by atoms with Crippen LogP contribution >= 0.6 is 11.6 Å². The van der Waals surface area contributed by atoms with Gasteiger partial charge in [-0.1, -0.05) is 55.3 Å². The molecule has 1 fully saturated rings. The molecule has 7 heteroatoms. The van der Waals surface area contributed by atoms with Gasteiger partial charge in [0.25, 0.3) is 5.91 Å². The fraction of sp³-hybridized carbons (Fsp3) is 0.400. The van der Waals surface area contributed by atoms with Gasteiger partial charge >= 0.3 is 6.09 Å². The highest BCUT2D eigenvalue weighted by molar-refractivity contribution is 6.31. The van der Waals surface area contributed by atoms with Crippen molar-refractivity contribution in [1.29, 1.82) is 0 Å². The first-order valence-corrected chi connectivity index (χ1v) is 11.5. The molecule has 1 spiro atoms. The zero-order valence-corrected chi connectivity index (χ0v) is 19.0. The molecule has 0 unspecified atom stereocenters. The maximum atomic E-state index is 13.3. The molecule has 0 aromatic heterocycles. The lowest BCUT2D eigenvalue weighted by atomic mass is 9.87. The summed E-state index contributed by atoms with van der Waals surface area (Å²) in [4.78, 5) is 32.5. The number of nitrogens with one attached hydrogen (secondary N) is 1. The number of carbonyl (C=O) groups is 2. The summed E-state index contributed by atoms with van der Waals surface area (Å²) < 4.78 is 5.47. The Bertz CT molecular complexity index is 1010. The standard InChI is InChI=1S/C25H28ClN3O3/c1-2-3-9-22-20-16-19(26)10-11-21(20)27-23(30)25(28-22)12-14-29(15-13-25)24(31)32-17-18-7-5-4-6-8-18/h4-8,10-11,16H,2-3,9,12-15,17H2,1H3,(H,27,30). The van der Waals surface area contributed by atoms with Crippen LogP contribution in [0.15, 0.2) is 53.5 Å². The number of fused-ring (bicyclic) bond motifs is 1. The Kier molecular flexibility index (Phi) is 6.80. The van der Waals surface area contributed by atoms with Crippen molar-refractivity contribution in [3.63, 3.8) is 0 Å². The minimum atomic E-state index is -0.884. The molecule has 6 nitrogen and oxygen atoms in total. The average Bonchev–Trinajstić information content (AvgIpc) is 2.92. The Morgan fingerprint density at radius 1 is 1.19 bits per heavy atom. The van der Waals surface area contributed by atoms with Gasteiger partial charge in [-0.3, -0.25) is 9.79 Å². The van der Waals surface area contributed by atoms with Gasteiger partial charge in [0.2, 0.25) is 0 Å². The van der Waals surface area contributed by atoms with Gasteiger partial charge in [0.1, 0.15) is 12.1 Å². The van der Waals surface area contributed by atoms with Gasteiger partial charge < -0.3 is 15.0 Å². The van der Waals surface area contributed by atoms with Crippen LogP contribution in [-0.2, 0) is 16.1 Å². The number of hydrogen-bond donors (Lipinski definition) is 1. The fourth-order valence-electron chi connectivity index (χ4n) is 4.22. The van der Waals surface area contributed by atoms with Gasteiger partial charge in [0, 0.05) is 35.1 Å². The van der Waals surface area contributed by atoms with Gasteiger partial charge in [-0.2, -0.15) is 0 Å². The van der Waals surface area contributed by atoms with Crippen molar-refractivity contribution in [2.45, 2.75) is 51.2 Å². The van der Waals surface area contributed by atoms with E-state index in [0.29, 0.717) is 31.0 Å². The molecule has 0 atom stereocenters. The maximum absolute atomic E-state index is 13.3. The summed E-state index contributed by atoms with van der Waals surface area (Å²) in [5.41, 5.74) is 2.60. The van der Waals surface area contributed by atoms with Crippen LogP contribution in [0.2, 0.25) is 5.02 Å². The molecule has 2 amide bonds. The molecule has 0 aliphatic carbocycles. The number of carbonyl (C=O) groups excluding carboxylic acids is 2. The van der Waals surface area contributed by atoms with Gasteiger partial charge in [0.05, 0.1) is 0 Å². The van der Waals surface area contributed by atoms with Crippen LogP contribution in [-0.4, -0.2) is 41.2 Å². The van der Waals surface area contributed by atoms with Crippen molar-refractivity contribution in [2.75, 3.05) is 18.4 Å². The van der Waals surface area contributed by atoms with Gasteiger partial charge in [-0.25, -0.2) is 4.79 Å². The summed E-state index contributed by atoms with van der Waals surface area (Å²) in [6.45, 7) is 3.21. The van der Waals surface area contributed by atoms with Gasteiger partial charge in [-0.05, 0) is 49.4 Å². The van der Waals surface area contributed by atoms with E-state index in [1.807, 2.05) is 42.5 Å². The Morgan fingerprint density at radius 2 is 1.94 bits per heavy atom. The Labute approximate surface area is 193 Å². The highest BCUT2D eigenvalue weighted by atomic mass is 35.5. The highest BCUT2D eigenvalue weighted by Crippen LogP contribution is 2.35. The number of benzene rings is 2. The predicted octanol–water partition coefficient (Wildman–Crippen LogP) is 5.44. The second kappa shape index (κ2) is 9.74. The van der Waals surface area contributed by atoms with Crippen LogP contribution in [0.3, 0.4) is 0 Å². The monoisotopic (exact) mass is 453 g/mol. The van der Waals surface area contributed by atoms with Crippen LogP contribution in [0.4, 0.5) is 10.5 Å². The number of amides is 2. The summed E-state index contributed by atoms with van der Waals surface area (Å²) >= 11 is 6.25. The molecule has 0 radical (unpaired) electrons. The first-order valence-electron chi connectivity index (χ1n) is 11.2. The number of hydrogen-bond acceptors (Lipinski definition) is 4. The summed E-state index contributed by atoms with van der Waals surface area (Å²) in [5.74, 6) is -0.120. The molecule has 0 saturated carbocycles. The molecule has 2 aliphatic rings. The smallest absolute Gasteiger partial charge is 0.410 e. The van der Waals surface area contributed by atoms with Crippen molar-refractivity contribution >= 4 is 35.0 Å². The first kappa shape index (κ1) is 22.3. The Hall–Kier alpha value is -2.86. The number of aliphatic imine (C=N–C) groups is 1. The molecule has 2 aromatic rings. The number of anilines is 1. The van der Waals surface area contributed by atoms with E-state index >= 15 is 0 Å². The topological polar surface area (TPSA) is 71.0 Å². The molecule has 0 bridgehead atoms. The lowest BCUT2D eigenvalue weighted by Gasteiger charge is -2.37. The van der Waals surface area contributed by atoms with E-state index in [-0.39, 0.29) is 18.6 Å². The molecule has 2 heterocycles. The van der Waals surface area contributed by atoms with Crippen LogP contribution in [0.5, 0.6) is 0 Å². The first-order chi connectivity index (χ1) is 15.5. The van der Waals surface area contributed by atoms with Crippen molar-refractivity contribution in [1.82, 2.24) is 4.90 Å². The fourth-order valence-corrected chi connectivity index (χ4v) is 4.39.